The van der Waals surface area contributed by atoms with E-state index in [2.05, 4.69) is 43.5 Å². The van der Waals surface area contributed by atoms with Crippen molar-refractivity contribution in [3.05, 3.63) is 37.3 Å². The molecule has 5 heteroatoms. The smallest absolute Gasteiger partial charge is 0.0907 e. The monoisotopic (exact) mass is 436 g/mol. The molecule has 94 valence electrons. The highest BCUT2D eigenvalue weighted by atomic mass is 127. The van der Waals surface area contributed by atoms with Gasteiger partial charge in [-0.05, 0) is 34.7 Å². The molecule has 2 nitrogen and oxygen atoms in total. The van der Waals surface area contributed by atoms with E-state index in [-0.39, 0.29) is 0 Å². The van der Waals surface area contributed by atoms with Crippen LogP contribution in [0.3, 0.4) is 0 Å². The van der Waals surface area contributed by atoms with Crippen LogP contribution in [0.4, 0.5) is 5.69 Å². The normalized spacial score (nSPS) is 11.4. The highest BCUT2D eigenvalue weighted by Crippen LogP contribution is 2.39. The highest BCUT2D eigenvalue weighted by molar-refractivity contribution is 14.1. The Labute approximate surface area is 133 Å². The van der Waals surface area contributed by atoms with Crippen molar-refractivity contribution in [2.24, 2.45) is 4.99 Å². The zero-order valence-corrected chi connectivity index (χ0v) is 14.4. The van der Waals surface area contributed by atoms with E-state index in [1.54, 1.807) is 6.34 Å². The van der Waals surface area contributed by atoms with Crippen LogP contribution in [0, 0.1) is 3.57 Å². The number of aliphatic imine (C=N–C) groups is 1. The molecule has 0 aliphatic rings. The highest BCUT2D eigenvalue weighted by Gasteiger charge is 2.10. The number of benzene rings is 2. The molecule has 0 atom stereocenters. The Morgan fingerprint density at radius 1 is 1.39 bits per heavy atom. The molecule has 0 saturated heterocycles. The molecule has 0 bridgehead atoms. The molecule has 2 aromatic carbocycles. The molecule has 0 fully saturated rings. The largest absolute Gasteiger partial charge is 0.369 e. The van der Waals surface area contributed by atoms with Crippen LogP contribution in [0.5, 0.6) is 0 Å². The van der Waals surface area contributed by atoms with E-state index in [0.717, 1.165) is 29.5 Å². The van der Waals surface area contributed by atoms with Gasteiger partial charge in [-0.15, -0.1) is 0 Å². The topological polar surface area (TPSA) is 15.6 Å². The molecule has 0 N–H and O–H groups in total. The number of fused-ring (bicyclic) bond motifs is 1. The van der Waals surface area contributed by atoms with Gasteiger partial charge in [0.25, 0.3) is 0 Å². The Morgan fingerprint density at radius 2 is 2.11 bits per heavy atom. The van der Waals surface area contributed by atoms with Crippen LogP contribution in [-0.2, 0) is 0 Å². The first-order valence-electron chi connectivity index (χ1n) is 5.27. The van der Waals surface area contributed by atoms with Gasteiger partial charge >= 0.3 is 0 Å². The number of hydrogen-bond acceptors (Lipinski definition) is 1. The number of hydrogen-bond donors (Lipinski definition) is 0. The van der Waals surface area contributed by atoms with Gasteiger partial charge in [-0.3, -0.25) is 0 Å². The number of nitrogens with zero attached hydrogens (tertiary/aromatic N) is 2. The molecular weight excluding hydrogens is 426 g/mol. The molecule has 0 amide bonds. The van der Waals surface area contributed by atoms with Gasteiger partial charge in [-0.1, -0.05) is 39.7 Å². The molecule has 18 heavy (non-hydrogen) atoms. The van der Waals surface area contributed by atoms with Crippen LogP contribution in [0.1, 0.15) is 0 Å². The minimum absolute atomic E-state index is 0.733. The minimum Gasteiger partial charge on any atom is -0.369 e. The van der Waals surface area contributed by atoms with Gasteiger partial charge in [-0.25, -0.2) is 4.99 Å². The van der Waals surface area contributed by atoms with Gasteiger partial charge < -0.3 is 4.90 Å². The molecule has 0 aliphatic heterocycles. The third-order valence-corrected chi connectivity index (χ3v) is 4.17. The average Bonchev–Trinajstić information content (AvgIpc) is 2.27. The summed E-state index contributed by atoms with van der Waals surface area (Å²) in [6.45, 7) is 0. The van der Waals surface area contributed by atoms with E-state index >= 15 is 0 Å². The van der Waals surface area contributed by atoms with Crippen LogP contribution < -0.4 is 0 Å². The van der Waals surface area contributed by atoms with Crippen molar-refractivity contribution in [3.63, 3.8) is 0 Å². The quantitative estimate of drug-likeness (QED) is 0.363. The second-order valence-electron chi connectivity index (χ2n) is 4.06. The Balaban J connectivity index is 2.77. The molecule has 0 saturated carbocycles. The maximum atomic E-state index is 6.25. The third-order valence-electron chi connectivity index (χ3n) is 2.41. The van der Waals surface area contributed by atoms with Crippen molar-refractivity contribution in [2.75, 3.05) is 14.1 Å². The summed E-state index contributed by atoms with van der Waals surface area (Å²) in [5, 5.41) is 2.79. The van der Waals surface area contributed by atoms with Crippen molar-refractivity contribution in [3.8, 4) is 0 Å². The van der Waals surface area contributed by atoms with E-state index in [4.69, 9.17) is 11.6 Å². The van der Waals surface area contributed by atoms with Crippen LogP contribution >= 0.6 is 50.1 Å². The lowest BCUT2D eigenvalue weighted by atomic mass is 10.1. The Hall–Kier alpha value is -0.330. The summed E-state index contributed by atoms with van der Waals surface area (Å²) in [5.41, 5.74) is 0.949. The van der Waals surface area contributed by atoms with Crippen LogP contribution in [0.25, 0.3) is 10.8 Å². The summed E-state index contributed by atoms with van der Waals surface area (Å²) < 4.78 is 2.09. The van der Waals surface area contributed by atoms with Crippen molar-refractivity contribution in [2.45, 2.75) is 0 Å². The lowest BCUT2D eigenvalue weighted by molar-refractivity contribution is 0.643. The van der Waals surface area contributed by atoms with Gasteiger partial charge in [-0.2, -0.15) is 0 Å². The molecule has 0 unspecified atom stereocenters. The summed E-state index contributed by atoms with van der Waals surface area (Å²) in [6, 6.07) is 7.91. The molecule has 0 radical (unpaired) electrons. The maximum absolute atomic E-state index is 6.25. The second-order valence-corrected chi connectivity index (χ2v) is 6.48. The van der Waals surface area contributed by atoms with Gasteiger partial charge in [0.1, 0.15) is 0 Å². The lowest BCUT2D eigenvalue weighted by Gasteiger charge is -2.10. The minimum atomic E-state index is 0.733. The van der Waals surface area contributed by atoms with Crippen LogP contribution in [-0.4, -0.2) is 25.3 Å². The summed E-state index contributed by atoms with van der Waals surface area (Å²) in [4.78, 5) is 6.44. The first-order valence-corrected chi connectivity index (χ1v) is 7.52. The molecule has 0 aliphatic carbocycles. The van der Waals surface area contributed by atoms with Gasteiger partial charge in [0, 0.05) is 37.9 Å². The molecular formula is C13H11BrClIN2. The zero-order chi connectivity index (χ0) is 13.3. The number of rotatable bonds is 2. The Bertz CT molecular complexity index is 626. The first-order chi connectivity index (χ1) is 8.50. The predicted octanol–water partition coefficient (Wildman–Crippen LogP) is 5.08. The fourth-order valence-electron chi connectivity index (χ4n) is 1.65. The van der Waals surface area contributed by atoms with Crippen LogP contribution in [0.2, 0.25) is 5.02 Å². The van der Waals surface area contributed by atoms with E-state index in [1.807, 2.05) is 43.3 Å². The summed E-state index contributed by atoms with van der Waals surface area (Å²) in [6.07, 6.45) is 1.80. The fourth-order valence-corrected chi connectivity index (χ4v) is 3.86. The van der Waals surface area contributed by atoms with Gasteiger partial charge in [0.15, 0.2) is 0 Å². The first kappa shape index (κ1) is 14.1. The molecule has 2 rings (SSSR count). The summed E-state index contributed by atoms with van der Waals surface area (Å²) in [7, 11) is 3.90. The SMILES string of the molecule is CN(C)C=Nc1c(I)cc(Br)c2c(Cl)cccc12. The second kappa shape index (κ2) is 5.75. The molecule has 0 aromatic heterocycles. The summed E-state index contributed by atoms with van der Waals surface area (Å²) >= 11 is 12.1. The predicted molar refractivity (Wildman–Crippen MR) is 91.2 cm³/mol. The van der Waals surface area contributed by atoms with E-state index in [0.29, 0.717) is 0 Å². The van der Waals surface area contributed by atoms with Crippen molar-refractivity contribution < 1.29 is 0 Å². The zero-order valence-electron chi connectivity index (χ0n) is 9.92. The Morgan fingerprint density at radius 3 is 2.78 bits per heavy atom. The lowest BCUT2D eigenvalue weighted by Crippen LogP contribution is -2.07. The third kappa shape index (κ3) is 2.81. The van der Waals surface area contributed by atoms with Crippen molar-refractivity contribution in [1.29, 1.82) is 0 Å². The van der Waals surface area contributed by atoms with E-state index in [1.165, 1.54) is 0 Å². The van der Waals surface area contributed by atoms with E-state index in [9.17, 15) is 0 Å². The molecule has 0 spiro atoms. The van der Waals surface area contributed by atoms with Crippen molar-refractivity contribution >= 4 is 72.9 Å². The van der Waals surface area contributed by atoms with Crippen molar-refractivity contribution in [1.82, 2.24) is 4.90 Å². The van der Waals surface area contributed by atoms with Gasteiger partial charge in [0.2, 0.25) is 0 Å². The van der Waals surface area contributed by atoms with Gasteiger partial charge in [0.05, 0.1) is 12.0 Å². The average molecular weight is 438 g/mol. The molecule has 0 heterocycles. The molecule has 2 aromatic rings. The van der Waals surface area contributed by atoms with E-state index < -0.39 is 0 Å². The standard InChI is InChI=1S/C13H11BrClIN2/c1-18(2)7-17-13-8-4-3-5-10(15)12(8)9(14)6-11(13)16/h3-7H,1-2H3. The Kier molecular flexibility index (Phi) is 4.50. The summed E-state index contributed by atoms with van der Waals surface area (Å²) in [5.74, 6) is 0. The van der Waals surface area contributed by atoms with Crippen LogP contribution in [0.15, 0.2) is 33.7 Å². The number of halogens is 3. The maximum Gasteiger partial charge on any atom is 0.0907 e. The fraction of sp³-hybridized carbons (Fsp3) is 0.154.